The number of halogens is 2. The molecule has 0 unspecified atom stereocenters. The predicted molar refractivity (Wildman–Crippen MR) is 65.3 cm³/mol. The van der Waals surface area contributed by atoms with Crippen LogP contribution in [0.3, 0.4) is 0 Å². The van der Waals surface area contributed by atoms with Crippen LogP contribution in [0.15, 0.2) is 18.5 Å². The van der Waals surface area contributed by atoms with Crippen LogP contribution in [0.25, 0.3) is 0 Å². The van der Waals surface area contributed by atoms with Crippen LogP contribution in [0.2, 0.25) is 10.3 Å². The van der Waals surface area contributed by atoms with Crippen LogP contribution >= 0.6 is 23.2 Å². The predicted octanol–water partition coefficient (Wildman–Crippen LogP) is 2.00. The fourth-order valence-electron chi connectivity index (χ4n) is 1.95. The van der Waals surface area contributed by atoms with Crippen molar-refractivity contribution in [1.29, 1.82) is 0 Å². The summed E-state index contributed by atoms with van der Waals surface area (Å²) in [5.74, 6) is 1.01. The first-order valence-corrected chi connectivity index (χ1v) is 5.93. The van der Waals surface area contributed by atoms with Gasteiger partial charge in [-0.2, -0.15) is 0 Å². The zero-order valence-corrected chi connectivity index (χ0v) is 10.4. The Balaban J connectivity index is 1.94. The fraction of sp³-hybridized carbons (Fsp3) is 0.300. The maximum absolute atomic E-state index is 6.03. The number of anilines is 1. The second kappa shape index (κ2) is 4.16. The van der Waals surface area contributed by atoms with E-state index in [9.17, 15) is 0 Å². The minimum absolute atomic E-state index is 0.346. The Kier molecular flexibility index (Phi) is 2.64. The van der Waals surface area contributed by atoms with Gasteiger partial charge in [0.1, 0.15) is 5.82 Å². The van der Waals surface area contributed by atoms with Crippen molar-refractivity contribution in [2.24, 2.45) is 0 Å². The summed E-state index contributed by atoms with van der Waals surface area (Å²) >= 11 is 11.9. The van der Waals surface area contributed by atoms with Gasteiger partial charge >= 0.3 is 0 Å². The molecular formula is C10H9Cl2N5. The first-order chi connectivity index (χ1) is 8.24. The van der Waals surface area contributed by atoms with Gasteiger partial charge in [-0.15, -0.1) is 10.2 Å². The molecule has 0 N–H and O–H groups in total. The van der Waals surface area contributed by atoms with Gasteiger partial charge in [-0.3, -0.25) is 0 Å². The van der Waals surface area contributed by atoms with Crippen molar-refractivity contribution in [1.82, 2.24) is 19.7 Å². The molecule has 0 spiro atoms. The SMILES string of the molecule is Clc1cc(N2CCn3ccnc3C2)c(Cl)nn1. The Bertz CT molecular complexity index is 553. The lowest BCUT2D eigenvalue weighted by Crippen LogP contribution is -2.33. The first kappa shape index (κ1) is 10.8. The molecule has 0 amide bonds. The number of hydrogen-bond acceptors (Lipinski definition) is 4. The van der Waals surface area contributed by atoms with E-state index in [1.807, 2.05) is 6.20 Å². The van der Waals surface area contributed by atoms with E-state index >= 15 is 0 Å². The monoisotopic (exact) mass is 269 g/mol. The highest BCUT2D eigenvalue weighted by Gasteiger charge is 2.19. The summed E-state index contributed by atoms with van der Waals surface area (Å²) in [5.41, 5.74) is 0.806. The zero-order chi connectivity index (χ0) is 11.8. The van der Waals surface area contributed by atoms with Gasteiger partial charge in [-0.25, -0.2) is 4.98 Å². The summed E-state index contributed by atoms with van der Waals surface area (Å²) in [6.45, 7) is 2.44. The smallest absolute Gasteiger partial charge is 0.175 e. The largest absolute Gasteiger partial charge is 0.360 e. The molecule has 2 aromatic rings. The van der Waals surface area contributed by atoms with Crippen LogP contribution in [0.1, 0.15) is 5.82 Å². The number of imidazole rings is 1. The Morgan fingerprint density at radius 1 is 1.18 bits per heavy atom. The molecule has 5 nitrogen and oxygen atoms in total. The summed E-state index contributed by atoms with van der Waals surface area (Å²) < 4.78 is 2.13. The molecule has 88 valence electrons. The third-order valence-corrected chi connectivity index (χ3v) is 3.24. The Morgan fingerprint density at radius 3 is 2.94 bits per heavy atom. The van der Waals surface area contributed by atoms with Gasteiger partial charge in [0.2, 0.25) is 0 Å². The highest BCUT2D eigenvalue weighted by Crippen LogP contribution is 2.27. The topological polar surface area (TPSA) is 46.8 Å². The van der Waals surface area contributed by atoms with Crippen LogP contribution in [0.5, 0.6) is 0 Å². The van der Waals surface area contributed by atoms with E-state index in [1.165, 1.54) is 0 Å². The number of nitrogens with zero attached hydrogens (tertiary/aromatic N) is 5. The second-order valence-corrected chi connectivity index (χ2v) is 4.55. The average Bonchev–Trinajstić information content (AvgIpc) is 2.79. The van der Waals surface area contributed by atoms with Gasteiger partial charge in [0.25, 0.3) is 0 Å². The van der Waals surface area contributed by atoms with Crippen molar-refractivity contribution >= 4 is 28.9 Å². The standard InChI is InChI=1S/C10H9Cl2N5/c11-8-5-7(10(12)15-14-8)17-4-3-16-2-1-13-9(16)6-17/h1-2,5H,3-4,6H2. The van der Waals surface area contributed by atoms with Crippen LogP contribution in [-0.2, 0) is 13.1 Å². The van der Waals surface area contributed by atoms with E-state index in [4.69, 9.17) is 23.2 Å². The molecule has 1 aliphatic rings. The van der Waals surface area contributed by atoms with Crippen LogP contribution in [0.4, 0.5) is 5.69 Å². The number of hydrogen-bond donors (Lipinski definition) is 0. The molecule has 0 atom stereocenters. The molecule has 17 heavy (non-hydrogen) atoms. The van der Waals surface area contributed by atoms with Crippen molar-refractivity contribution in [2.75, 3.05) is 11.4 Å². The quantitative estimate of drug-likeness (QED) is 0.795. The fourth-order valence-corrected chi connectivity index (χ4v) is 2.30. The zero-order valence-electron chi connectivity index (χ0n) is 8.85. The van der Waals surface area contributed by atoms with Gasteiger partial charge in [0, 0.05) is 31.5 Å². The molecule has 0 saturated heterocycles. The summed E-state index contributed by atoms with van der Waals surface area (Å²) in [7, 11) is 0. The van der Waals surface area contributed by atoms with Crippen molar-refractivity contribution in [3.63, 3.8) is 0 Å². The third-order valence-electron chi connectivity index (χ3n) is 2.79. The molecule has 7 heteroatoms. The van der Waals surface area contributed by atoms with E-state index in [0.29, 0.717) is 16.9 Å². The summed E-state index contributed by atoms with van der Waals surface area (Å²) in [6.07, 6.45) is 3.78. The van der Waals surface area contributed by atoms with Crippen LogP contribution in [0, 0.1) is 0 Å². The van der Waals surface area contributed by atoms with E-state index in [2.05, 4.69) is 24.6 Å². The number of rotatable bonds is 1. The minimum Gasteiger partial charge on any atom is -0.360 e. The summed E-state index contributed by atoms with van der Waals surface area (Å²) in [4.78, 5) is 6.40. The molecule has 0 aliphatic carbocycles. The van der Waals surface area contributed by atoms with E-state index in [1.54, 1.807) is 12.3 Å². The molecule has 0 radical (unpaired) electrons. The van der Waals surface area contributed by atoms with Crippen LogP contribution < -0.4 is 4.90 Å². The van der Waals surface area contributed by atoms with Gasteiger partial charge in [-0.1, -0.05) is 23.2 Å². The summed E-state index contributed by atoms with van der Waals surface area (Å²) in [6, 6.07) is 1.73. The van der Waals surface area contributed by atoms with Crippen molar-refractivity contribution in [3.05, 3.63) is 34.6 Å². The molecule has 3 heterocycles. The van der Waals surface area contributed by atoms with Gasteiger partial charge in [0.15, 0.2) is 10.3 Å². The molecule has 0 aromatic carbocycles. The lowest BCUT2D eigenvalue weighted by Gasteiger charge is -2.29. The molecule has 0 saturated carbocycles. The lowest BCUT2D eigenvalue weighted by atomic mass is 10.3. The minimum atomic E-state index is 0.346. The molecule has 3 rings (SSSR count). The normalized spacial score (nSPS) is 14.8. The Morgan fingerprint density at radius 2 is 2.06 bits per heavy atom. The third kappa shape index (κ3) is 1.96. The highest BCUT2D eigenvalue weighted by atomic mass is 35.5. The Hall–Kier alpha value is -1.33. The second-order valence-electron chi connectivity index (χ2n) is 3.80. The maximum atomic E-state index is 6.03. The Labute approximate surface area is 108 Å². The molecule has 0 fully saturated rings. The van der Waals surface area contributed by atoms with Crippen molar-refractivity contribution < 1.29 is 0 Å². The first-order valence-electron chi connectivity index (χ1n) is 5.18. The highest BCUT2D eigenvalue weighted by molar-refractivity contribution is 6.33. The van der Waals surface area contributed by atoms with Gasteiger partial charge in [0.05, 0.1) is 12.2 Å². The van der Waals surface area contributed by atoms with Crippen molar-refractivity contribution in [2.45, 2.75) is 13.1 Å². The molecular weight excluding hydrogens is 261 g/mol. The number of fused-ring (bicyclic) bond motifs is 1. The number of aromatic nitrogens is 4. The van der Waals surface area contributed by atoms with Crippen molar-refractivity contribution in [3.8, 4) is 0 Å². The molecule has 1 aliphatic heterocycles. The van der Waals surface area contributed by atoms with E-state index in [-0.39, 0.29) is 0 Å². The van der Waals surface area contributed by atoms with Gasteiger partial charge < -0.3 is 9.47 Å². The molecule has 2 aromatic heterocycles. The van der Waals surface area contributed by atoms with E-state index in [0.717, 1.165) is 24.6 Å². The van der Waals surface area contributed by atoms with Crippen LogP contribution in [-0.4, -0.2) is 26.3 Å². The molecule has 0 bridgehead atoms. The van der Waals surface area contributed by atoms with Gasteiger partial charge in [-0.05, 0) is 0 Å². The lowest BCUT2D eigenvalue weighted by molar-refractivity contribution is 0.559. The average molecular weight is 270 g/mol. The summed E-state index contributed by atoms with van der Waals surface area (Å²) in [5, 5.41) is 8.23. The maximum Gasteiger partial charge on any atom is 0.175 e. The van der Waals surface area contributed by atoms with E-state index < -0.39 is 0 Å².